The number of sulfonamides is 1. The van der Waals surface area contributed by atoms with Crippen LogP contribution in [0.3, 0.4) is 0 Å². The normalized spacial score (nSPS) is 19.5. The lowest BCUT2D eigenvalue weighted by atomic mass is 10.0. The summed E-state index contributed by atoms with van der Waals surface area (Å²) >= 11 is 1.36. The number of allylic oxidation sites excluding steroid dienone is 3. The van der Waals surface area contributed by atoms with Crippen LogP contribution in [0.5, 0.6) is 0 Å². The molecule has 6 nitrogen and oxygen atoms in total. The van der Waals surface area contributed by atoms with E-state index in [1.54, 1.807) is 12.3 Å². The van der Waals surface area contributed by atoms with E-state index in [-0.39, 0.29) is 4.91 Å². The highest BCUT2D eigenvalue weighted by molar-refractivity contribution is 7.97. The first-order valence-electron chi connectivity index (χ1n) is 7.72. The Morgan fingerprint density at radius 1 is 1.25 bits per heavy atom. The second kappa shape index (κ2) is 5.87. The van der Waals surface area contributed by atoms with Crippen molar-refractivity contribution in [2.24, 2.45) is 0 Å². The Morgan fingerprint density at radius 3 is 3.00 bits per heavy atom. The van der Waals surface area contributed by atoms with Crippen LogP contribution in [0, 0.1) is 0 Å². The van der Waals surface area contributed by atoms with Crippen LogP contribution in [0.25, 0.3) is 0 Å². The molecule has 3 N–H and O–H groups in total. The smallest absolute Gasteiger partial charge is 0.264 e. The summed E-state index contributed by atoms with van der Waals surface area (Å²) in [6.45, 7) is 3.70. The summed E-state index contributed by atoms with van der Waals surface area (Å²) < 4.78 is 33.3. The van der Waals surface area contributed by atoms with Crippen LogP contribution in [0.4, 0.5) is 5.69 Å². The van der Waals surface area contributed by atoms with Gasteiger partial charge in [0.05, 0.1) is 17.8 Å². The fourth-order valence-corrected chi connectivity index (χ4v) is 5.01. The van der Waals surface area contributed by atoms with E-state index in [1.165, 1.54) is 23.3 Å². The van der Waals surface area contributed by atoms with E-state index < -0.39 is 10.0 Å². The third-order valence-corrected chi connectivity index (χ3v) is 6.56. The number of anilines is 1. The zero-order valence-corrected chi connectivity index (χ0v) is 14.8. The molecular weight excluding hydrogens is 344 g/mol. The molecule has 0 atom stereocenters. The second-order valence-electron chi connectivity index (χ2n) is 5.89. The zero-order valence-electron chi connectivity index (χ0n) is 13.2. The predicted molar refractivity (Wildman–Crippen MR) is 96.9 cm³/mol. The van der Waals surface area contributed by atoms with Crippen molar-refractivity contribution >= 4 is 27.8 Å². The van der Waals surface area contributed by atoms with Crippen LogP contribution >= 0.6 is 12.1 Å². The van der Waals surface area contributed by atoms with Gasteiger partial charge in [-0.3, -0.25) is 9.03 Å². The number of benzene rings is 1. The molecule has 126 valence electrons. The van der Waals surface area contributed by atoms with Crippen molar-refractivity contribution in [3.05, 3.63) is 64.0 Å². The number of hydrogen-bond acceptors (Lipinski definition) is 6. The fraction of sp³-hybridized carbons (Fsp3) is 0.250. The minimum absolute atomic E-state index is 0.269. The molecule has 4 rings (SSSR count). The third-order valence-electron chi connectivity index (χ3n) is 4.24. The largest absolute Gasteiger partial charge is 0.316 e. The average molecular weight is 362 g/mol. The molecule has 3 heterocycles. The molecule has 24 heavy (non-hydrogen) atoms. The van der Waals surface area contributed by atoms with Gasteiger partial charge in [0.1, 0.15) is 4.91 Å². The van der Waals surface area contributed by atoms with Gasteiger partial charge in [-0.2, -0.15) is 0 Å². The van der Waals surface area contributed by atoms with Crippen molar-refractivity contribution in [1.29, 1.82) is 0 Å². The van der Waals surface area contributed by atoms with Gasteiger partial charge in [-0.15, -0.1) is 0 Å². The van der Waals surface area contributed by atoms with Crippen molar-refractivity contribution in [3.63, 3.8) is 0 Å². The van der Waals surface area contributed by atoms with Crippen LogP contribution in [-0.4, -0.2) is 19.3 Å². The summed E-state index contributed by atoms with van der Waals surface area (Å²) in [7, 11) is -3.65. The minimum atomic E-state index is -3.65. The maximum absolute atomic E-state index is 12.8. The minimum Gasteiger partial charge on any atom is -0.316 e. The first kappa shape index (κ1) is 15.6. The monoisotopic (exact) mass is 362 g/mol. The van der Waals surface area contributed by atoms with Gasteiger partial charge in [-0.05, 0) is 55.3 Å². The number of nitrogens with zero attached hydrogens (tertiary/aromatic N) is 1. The summed E-state index contributed by atoms with van der Waals surface area (Å²) in [5.74, 6) is 0. The summed E-state index contributed by atoms with van der Waals surface area (Å²) in [5.41, 5.74) is 4.66. The van der Waals surface area contributed by atoms with Crippen molar-refractivity contribution < 1.29 is 8.42 Å². The maximum Gasteiger partial charge on any atom is 0.264 e. The number of nitrogens with one attached hydrogen (secondary N) is 3. The van der Waals surface area contributed by atoms with Gasteiger partial charge < -0.3 is 10.0 Å². The molecule has 1 aromatic rings. The molecule has 0 spiro atoms. The van der Waals surface area contributed by atoms with E-state index in [0.29, 0.717) is 11.4 Å². The Kier molecular flexibility index (Phi) is 3.82. The lowest BCUT2D eigenvalue weighted by Gasteiger charge is -2.25. The van der Waals surface area contributed by atoms with E-state index in [9.17, 15) is 8.42 Å². The lowest BCUT2D eigenvalue weighted by molar-refractivity contribution is 0.604. The SMILES string of the molecule is CC1=CC=C(S(=O)(=O)Nc2ccc3c(c2)CCNC3)C2=CNSN12. The van der Waals surface area contributed by atoms with Gasteiger partial charge in [0, 0.05) is 24.1 Å². The summed E-state index contributed by atoms with van der Waals surface area (Å²) in [5, 5.41) is 3.31. The Balaban J connectivity index is 1.64. The standard InChI is InChI=1S/C16H18N4O2S2/c1-11-2-5-16(15-10-18-23-20(11)15)24(21,22)19-14-4-3-13-9-17-7-6-12(13)8-14/h2-5,8,10,17-19H,6-7,9H2,1H3. The third kappa shape index (κ3) is 2.70. The summed E-state index contributed by atoms with van der Waals surface area (Å²) in [6.07, 6.45) is 6.08. The number of hydrogen-bond donors (Lipinski definition) is 3. The molecular formula is C16H18N4O2S2. The maximum atomic E-state index is 12.8. The van der Waals surface area contributed by atoms with E-state index >= 15 is 0 Å². The van der Waals surface area contributed by atoms with Crippen LogP contribution in [-0.2, 0) is 23.0 Å². The molecule has 8 heteroatoms. The van der Waals surface area contributed by atoms with Crippen LogP contribution in [0.15, 0.2) is 52.9 Å². The molecule has 0 saturated carbocycles. The molecule has 0 radical (unpaired) electrons. The Hall–Kier alpha value is -1.90. The molecule has 0 amide bonds. The number of rotatable bonds is 3. The van der Waals surface area contributed by atoms with Crippen LogP contribution in [0.1, 0.15) is 18.1 Å². The average Bonchev–Trinajstić information content (AvgIpc) is 3.05. The Labute approximate surface area is 146 Å². The molecule has 0 fully saturated rings. The highest BCUT2D eigenvalue weighted by Crippen LogP contribution is 2.37. The lowest BCUT2D eigenvalue weighted by Crippen LogP contribution is -2.25. The Bertz CT molecular complexity index is 887. The quantitative estimate of drug-likeness (QED) is 0.716. The topological polar surface area (TPSA) is 73.5 Å². The van der Waals surface area contributed by atoms with Gasteiger partial charge in [-0.25, -0.2) is 8.42 Å². The molecule has 0 aromatic heterocycles. The molecule has 1 aromatic carbocycles. The van der Waals surface area contributed by atoms with Crippen LogP contribution in [0.2, 0.25) is 0 Å². The molecule has 3 aliphatic heterocycles. The number of fused-ring (bicyclic) bond motifs is 2. The Morgan fingerprint density at radius 2 is 2.12 bits per heavy atom. The van der Waals surface area contributed by atoms with Crippen molar-refractivity contribution in [3.8, 4) is 0 Å². The molecule has 0 aliphatic carbocycles. The molecule has 0 bridgehead atoms. The second-order valence-corrected chi connectivity index (χ2v) is 8.32. The van der Waals surface area contributed by atoms with Crippen molar-refractivity contribution in [2.45, 2.75) is 19.9 Å². The van der Waals surface area contributed by atoms with E-state index in [4.69, 9.17) is 0 Å². The summed E-state index contributed by atoms with van der Waals surface area (Å²) in [6, 6.07) is 5.74. The predicted octanol–water partition coefficient (Wildman–Crippen LogP) is 2.19. The van der Waals surface area contributed by atoms with E-state index in [2.05, 4.69) is 14.8 Å². The molecule has 3 aliphatic rings. The zero-order chi connectivity index (χ0) is 16.7. The first-order chi connectivity index (χ1) is 11.5. The summed E-state index contributed by atoms with van der Waals surface area (Å²) in [4.78, 5) is 0.269. The van der Waals surface area contributed by atoms with Crippen molar-refractivity contribution in [2.75, 3.05) is 11.3 Å². The molecule has 0 saturated heterocycles. The highest BCUT2D eigenvalue weighted by Gasteiger charge is 2.31. The fourth-order valence-electron chi connectivity index (χ4n) is 3.00. The van der Waals surface area contributed by atoms with Gasteiger partial charge >= 0.3 is 0 Å². The van der Waals surface area contributed by atoms with E-state index in [0.717, 1.165) is 25.2 Å². The van der Waals surface area contributed by atoms with Crippen molar-refractivity contribution in [1.82, 2.24) is 14.3 Å². The van der Waals surface area contributed by atoms with E-state index in [1.807, 2.05) is 35.5 Å². The first-order valence-corrected chi connectivity index (χ1v) is 9.97. The van der Waals surface area contributed by atoms with Gasteiger partial charge in [0.2, 0.25) is 0 Å². The van der Waals surface area contributed by atoms with Gasteiger partial charge in [-0.1, -0.05) is 6.07 Å². The van der Waals surface area contributed by atoms with Gasteiger partial charge in [0.15, 0.2) is 0 Å². The molecule has 0 unspecified atom stereocenters. The van der Waals surface area contributed by atoms with Crippen LogP contribution < -0.4 is 14.8 Å². The van der Waals surface area contributed by atoms with Gasteiger partial charge in [0.25, 0.3) is 10.0 Å². The highest BCUT2D eigenvalue weighted by atomic mass is 32.2.